The molecule has 0 bridgehead atoms. The minimum atomic E-state index is -2.30. The molecule has 0 radical (unpaired) electrons. The van der Waals surface area contributed by atoms with Crippen molar-refractivity contribution in [3.05, 3.63) is 102 Å². The average molecular weight is 615 g/mol. The Bertz CT molecular complexity index is 1150. The maximum absolute atomic E-state index is 2.55. The Morgan fingerprint density at radius 1 is 0.583 bits per heavy atom. The van der Waals surface area contributed by atoms with Gasteiger partial charge in [0.1, 0.15) is 0 Å². The summed E-state index contributed by atoms with van der Waals surface area (Å²) in [6.07, 6.45) is 7.49. The van der Waals surface area contributed by atoms with Crippen LogP contribution in [0.2, 0.25) is 0 Å². The maximum Gasteiger partial charge on any atom is -1.00 e. The fourth-order valence-electron chi connectivity index (χ4n) is 5.14. The van der Waals surface area contributed by atoms with Crippen molar-refractivity contribution in [3.63, 3.8) is 0 Å². The van der Waals surface area contributed by atoms with Crippen molar-refractivity contribution in [2.24, 2.45) is 10.8 Å². The first-order valence-electron chi connectivity index (χ1n) is 12.6. The molecular weight excluding hydrogens is 575 g/mol. The number of hydrogen-bond acceptors (Lipinski definition) is 0. The van der Waals surface area contributed by atoms with Crippen LogP contribution < -0.4 is 35.2 Å². The second-order valence-corrected chi connectivity index (χ2v) is 25.4. The molecule has 0 saturated carbocycles. The van der Waals surface area contributed by atoms with Crippen molar-refractivity contribution < 1.29 is 45.2 Å². The molecule has 2 aliphatic carbocycles. The molecule has 2 aromatic rings. The molecule has 0 aliphatic heterocycles. The molecule has 0 N–H and O–H groups in total. The van der Waals surface area contributed by atoms with Crippen LogP contribution in [0.1, 0.15) is 68.2 Å². The molecule has 0 fully saturated rings. The minimum Gasteiger partial charge on any atom is -1.00 e. The molecule has 0 spiro atoms. The molecule has 2 aliphatic rings. The van der Waals surface area contributed by atoms with Crippen LogP contribution in [0.4, 0.5) is 0 Å². The Kier molecular flexibility index (Phi) is 10.7. The molecule has 0 amide bonds. The monoisotopic (exact) mass is 612 g/mol. The van der Waals surface area contributed by atoms with Gasteiger partial charge in [-0.15, -0.1) is 0 Å². The van der Waals surface area contributed by atoms with E-state index in [1.54, 1.807) is 32.7 Å². The van der Waals surface area contributed by atoms with E-state index in [9.17, 15) is 0 Å². The summed E-state index contributed by atoms with van der Waals surface area (Å²) < 4.78 is 3.71. The Labute approximate surface area is 240 Å². The van der Waals surface area contributed by atoms with Crippen LogP contribution >= 0.6 is 0 Å². The van der Waals surface area contributed by atoms with Gasteiger partial charge in [-0.2, -0.15) is 0 Å². The molecule has 0 heterocycles. The van der Waals surface area contributed by atoms with Gasteiger partial charge in [0.15, 0.2) is 0 Å². The number of rotatable bonds is 4. The first kappa shape index (κ1) is 31.3. The first-order valence-corrected chi connectivity index (χ1v) is 20.3. The summed E-state index contributed by atoms with van der Waals surface area (Å²) in [7, 11) is 0. The third-order valence-electron chi connectivity index (χ3n) is 7.37. The summed E-state index contributed by atoms with van der Waals surface area (Å²) in [5.74, 6) is 0. The van der Waals surface area contributed by atoms with Crippen molar-refractivity contribution in [3.8, 4) is 0 Å². The van der Waals surface area contributed by atoms with E-state index >= 15 is 0 Å². The molecule has 0 atom stereocenters. The fraction of sp³-hybridized carbons (Fsp3) is 0.375. The van der Waals surface area contributed by atoms with E-state index in [2.05, 4.69) is 128 Å². The number of hydrogen-bond donors (Lipinski definition) is 0. The Morgan fingerprint density at radius 2 is 0.917 bits per heavy atom. The van der Waals surface area contributed by atoms with Gasteiger partial charge in [0.05, 0.1) is 0 Å². The van der Waals surface area contributed by atoms with Gasteiger partial charge in [0.25, 0.3) is 0 Å². The summed E-state index contributed by atoms with van der Waals surface area (Å²) >= 11 is -2.30. The van der Waals surface area contributed by atoms with Crippen LogP contribution in [0.3, 0.4) is 0 Å². The third-order valence-corrected chi connectivity index (χ3v) is 27.0. The van der Waals surface area contributed by atoms with Crippen molar-refractivity contribution in [1.82, 2.24) is 0 Å². The second-order valence-electron chi connectivity index (χ2n) is 12.0. The van der Waals surface area contributed by atoms with E-state index in [0.29, 0.717) is 0 Å². The van der Waals surface area contributed by atoms with Gasteiger partial charge >= 0.3 is 217 Å². The number of benzene rings is 2. The SMILES string of the molecule is CC1=[C]([Zr+2]([C]2=C(C)C=C(C(C)(C)C)C2)=[Si](c2ccccc2)c2ccccc2)CC(C(C)(C)C)=C1.[Cl-].[Cl-]. The molecule has 0 unspecified atom stereocenters. The molecule has 4 heteroatoms. The zero-order chi connectivity index (χ0) is 24.7. The minimum absolute atomic E-state index is 0. The summed E-state index contributed by atoms with van der Waals surface area (Å²) in [6, 6.07) is 23.1. The summed E-state index contributed by atoms with van der Waals surface area (Å²) in [5, 5.41) is 3.20. The van der Waals surface area contributed by atoms with Crippen molar-refractivity contribution in [1.29, 1.82) is 0 Å². The molecule has 2 aromatic carbocycles. The largest absolute Gasteiger partial charge is 1.00 e. The van der Waals surface area contributed by atoms with Gasteiger partial charge < -0.3 is 24.8 Å². The van der Waals surface area contributed by atoms with Crippen molar-refractivity contribution in [2.45, 2.75) is 68.2 Å². The average Bonchev–Trinajstić information content (AvgIpc) is 3.36. The van der Waals surface area contributed by atoms with E-state index in [1.165, 1.54) is 12.8 Å². The molecule has 0 nitrogen and oxygen atoms in total. The van der Waals surface area contributed by atoms with Crippen molar-refractivity contribution >= 4 is 15.8 Å². The smallest absolute Gasteiger partial charge is 1.00 e. The topological polar surface area (TPSA) is 0 Å². The van der Waals surface area contributed by atoms with Crippen LogP contribution in [0.5, 0.6) is 0 Å². The Morgan fingerprint density at radius 3 is 1.19 bits per heavy atom. The zero-order valence-electron chi connectivity index (χ0n) is 23.1. The summed E-state index contributed by atoms with van der Waals surface area (Å²) in [4.78, 5) is 0. The van der Waals surface area contributed by atoms with Crippen LogP contribution in [0.25, 0.3) is 0 Å². The van der Waals surface area contributed by atoms with E-state index < -0.39 is 25.8 Å². The van der Waals surface area contributed by atoms with E-state index in [0.717, 1.165) is 0 Å². The normalized spacial score (nSPS) is 15.5. The van der Waals surface area contributed by atoms with Gasteiger partial charge in [-0.05, 0) is 0 Å². The Balaban J connectivity index is 0.00000228. The predicted molar refractivity (Wildman–Crippen MR) is 148 cm³/mol. The van der Waals surface area contributed by atoms with Gasteiger partial charge in [-0.25, -0.2) is 0 Å². The molecular formula is C32H40Cl2SiZr. The Hall–Kier alpha value is -0.920. The van der Waals surface area contributed by atoms with Gasteiger partial charge in [-0.3, -0.25) is 0 Å². The summed E-state index contributed by atoms with van der Waals surface area (Å²) in [6.45, 7) is 19.1. The zero-order valence-corrected chi connectivity index (χ0v) is 28.1. The van der Waals surface area contributed by atoms with Gasteiger partial charge in [0, 0.05) is 0 Å². The van der Waals surface area contributed by atoms with E-state index in [1.807, 2.05) is 6.56 Å². The summed E-state index contributed by atoms with van der Waals surface area (Å²) in [5.41, 5.74) is 5.99. The van der Waals surface area contributed by atoms with Crippen LogP contribution in [-0.2, 0) is 20.4 Å². The quantitative estimate of drug-likeness (QED) is 0.461. The number of allylic oxidation sites excluding steroid dienone is 8. The predicted octanol–water partition coefficient (Wildman–Crippen LogP) is 1.72. The maximum atomic E-state index is 2.55. The molecule has 36 heavy (non-hydrogen) atoms. The molecule has 0 saturated heterocycles. The first-order chi connectivity index (χ1) is 16.0. The van der Waals surface area contributed by atoms with Crippen LogP contribution in [0, 0.1) is 10.8 Å². The molecule has 0 aromatic heterocycles. The fourth-order valence-corrected chi connectivity index (χ4v) is 27.2. The van der Waals surface area contributed by atoms with E-state index in [-0.39, 0.29) is 35.6 Å². The molecule has 190 valence electrons. The van der Waals surface area contributed by atoms with Gasteiger partial charge in [0.2, 0.25) is 0 Å². The second kappa shape index (κ2) is 12.3. The van der Waals surface area contributed by atoms with E-state index in [4.69, 9.17) is 0 Å². The molecule has 4 rings (SSSR count). The van der Waals surface area contributed by atoms with Gasteiger partial charge in [-0.1, -0.05) is 0 Å². The number of halogens is 2. The standard InChI is InChI=1S/C12H10Si.2C10H15.2ClH.Zr/c1-3-7-11(8-4-1)13-12-9-5-2-6-10-12;2*1-8-5-6-9(7-8)10(2,3)4;;;/h1-10H;2*7H,6H2,1-4H3;2*1H;/q;;;;;+2/p-2. The van der Waals surface area contributed by atoms with Crippen molar-refractivity contribution in [2.75, 3.05) is 0 Å². The van der Waals surface area contributed by atoms with Crippen LogP contribution in [0.15, 0.2) is 102 Å². The third kappa shape index (κ3) is 6.74. The van der Waals surface area contributed by atoms with Crippen LogP contribution in [-0.4, -0.2) is 5.43 Å².